The van der Waals surface area contributed by atoms with Gasteiger partial charge in [-0.2, -0.15) is 0 Å². The Labute approximate surface area is 86.2 Å². The summed E-state index contributed by atoms with van der Waals surface area (Å²) in [5.41, 5.74) is 0. The molecule has 1 N–H and O–H groups in total. The maximum Gasteiger partial charge on any atom is 0.217 e. The molecule has 1 amide bonds. The second-order valence-corrected chi connectivity index (χ2v) is 3.83. The summed E-state index contributed by atoms with van der Waals surface area (Å²) in [6.07, 6.45) is 3.78. The van der Waals surface area contributed by atoms with E-state index in [9.17, 15) is 4.79 Å². The van der Waals surface area contributed by atoms with Gasteiger partial charge in [-0.25, -0.2) is 0 Å². The van der Waals surface area contributed by atoms with Crippen LogP contribution in [0, 0.1) is 0 Å². The molecular formula is C9H10ClNOS. The molecule has 0 unspecified atom stereocenters. The molecule has 2 nitrogen and oxygen atoms in total. The van der Waals surface area contributed by atoms with E-state index in [0.717, 1.165) is 9.90 Å². The van der Waals surface area contributed by atoms with Crippen molar-refractivity contribution in [2.45, 2.75) is 6.92 Å². The van der Waals surface area contributed by atoms with Gasteiger partial charge in [0.25, 0.3) is 0 Å². The zero-order valence-corrected chi connectivity index (χ0v) is 8.78. The van der Waals surface area contributed by atoms with E-state index in [0.29, 0.717) is 6.54 Å². The minimum Gasteiger partial charge on any atom is -0.353 e. The first-order valence-corrected chi connectivity index (χ1v) is 5.10. The van der Waals surface area contributed by atoms with Gasteiger partial charge >= 0.3 is 0 Å². The molecular weight excluding hydrogens is 206 g/mol. The Kier molecular flexibility index (Phi) is 3.99. The first kappa shape index (κ1) is 10.3. The second-order valence-electron chi connectivity index (χ2n) is 2.47. The van der Waals surface area contributed by atoms with Crippen molar-refractivity contribution in [3.05, 3.63) is 27.4 Å². The molecule has 0 aliphatic carbocycles. The minimum absolute atomic E-state index is 0.0260. The fourth-order valence-corrected chi connectivity index (χ4v) is 1.83. The van der Waals surface area contributed by atoms with Gasteiger partial charge in [-0.15, -0.1) is 11.3 Å². The van der Waals surface area contributed by atoms with E-state index in [1.165, 1.54) is 6.92 Å². The zero-order valence-electron chi connectivity index (χ0n) is 7.21. The molecule has 0 bridgehead atoms. The van der Waals surface area contributed by atoms with E-state index >= 15 is 0 Å². The molecule has 0 atom stereocenters. The van der Waals surface area contributed by atoms with E-state index in [4.69, 9.17) is 11.6 Å². The first-order valence-electron chi connectivity index (χ1n) is 3.84. The molecule has 0 aliphatic heterocycles. The fraction of sp³-hybridized carbons (Fsp3) is 0.222. The number of hydrogen-bond donors (Lipinski definition) is 1. The van der Waals surface area contributed by atoms with Crippen LogP contribution in [0.25, 0.3) is 6.08 Å². The number of nitrogens with one attached hydrogen (secondary N) is 1. The van der Waals surface area contributed by atoms with E-state index < -0.39 is 0 Å². The number of hydrogen-bond acceptors (Lipinski definition) is 2. The van der Waals surface area contributed by atoms with E-state index in [1.807, 2.05) is 23.6 Å². The standard InChI is InChI=1S/C9H10ClNOS/c1-7(12)11-5-2-3-9-8(10)4-6-13-9/h2-4,6H,5H2,1H3,(H,11,12). The smallest absolute Gasteiger partial charge is 0.217 e. The van der Waals surface area contributed by atoms with Gasteiger partial charge in [0.15, 0.2) is 0 Å². The Hall–Kier alpha value is -0.800. The Bertz CT molecular complexity index is 319. The molecule has 0 fully saturated rings. The average molecular weight is 216 g/mol. The van der Waals surface area contributed by atoms with Crippen LogP contribution in [0.3, 0.4) is 0 Å². The van der Waals surface area contributed by atoms with Gasteiger partial charge in [0.2, 0.25) is 5.91 Å². The molecule has 0 saturated heterocycles. The lowest BCUT2D eigenvalue weighted by Gasteiger charge is -1.93. The Morgan fingerprint density at radius 3 is 3.08 bits per heavy atom. The van der Waals surface area contributed by atoms with Crippen LogP contribution in [-0.2, 0) is 4.79 Å². The summed E-state index contributed by atoms with van der Waals surface area (Å²) >= 11 is 7.43. The van der Waals surface area contributed by atoms with Crippen LogP contribution in [-0.4, -0.2) is 12.5 Å². The van der Waals surface area contributed by atoms with Crippen molar-refractivity contribution in [2.24, 2.45) is 0 Å². The summed E-state index contributed by atoms with van der Waals surface area (Å²) < 4.78 is 0. The molecule has 13 heavy (non-hydrogen) atoms. The number of halogens is 1. The maximum atomic E-state index is 10.5. The topological polar surface area (TPSA) is 29.1 Å². The van der Waals surface area contributed by atoms with E-state index in [2.05, 4.69) is 5.32 Å². The zero-order chi connectivity index (χ0) is 9.68. The van der Waals surface area contributed by atoms with Gasteiger partial charge < -0.3 is 5.32 Å². The van der Waals surface area contributed by atoms with Crippen molar-refractivity contribution >= 4 is 34.9 Å². The van der Waals surface area contributed by atoms with Crippen LogP contribution in [0.5, 0.6) is 0 Å². The summed E-state index contributed by atoms with van der Waals surface area (Å²) in [7, 11) is 0. The highest BCUT2D eigenvalue weighted by Gasteiger charge is 1.95. The van der Waals surface area contributed by atoms with Crippen LogP contribution in [0.2, 0.25) is 5.02 Å². The predicted molar refractivity (Wildman–Crippen MR) is 57.0 cm³/mol. The normalized spacial score (nSPS) is 10.6. The van der Waals surface area contributed by atoms with Gasteiger partial charge in [-0.3, -0.25) is 4.79 Å². The fourth-order valence-electron chi connectivity index (χ4n) is 0.793. The minimum atomic E-state index is -0.0260. The molecule has 0 radical (unpaired) electrons. The third-order valence-corrected chi connectivity index (χ3v) is 2.71. The molecule has 1 heterocycles. The lowest BCUT2D eigenvalue weighted by Crippen LogP contribution is -2.19. The number of carbonyl (C=O) groups excluding carboxylic acids is 1. The summed E-state index contributed by atoms with van der Waals surface area (Å²) in [6, 6.07) is 1.85. The highest BCUT2D eigenvalue weighted by Crippen LogP contribution is 2.22. The van der Waals surface area contributed by atoms with Gasteiger partial charge in [0, 0.05) is 18.3 Å². The third-order valence-electron chi connectivity index (χ3n) is 1.38. The Balaban J connectivity index is 2.41. The summed E-state index contributed by atoms with van der Waals surface area (Å²) in [6.45, 7) is 2.04. The van der Waals surface area contributed by atoms with Gasteiger partial charge in [-0.05, 0) is 17.5 Å². The van der Waals surface area contributed by atoms with Crippen LogP contribution in [0.1, 0.15) is 11.8 Å². The molecule has 4 heteroatoms. The molecule has 1 aromatic heterocycles. The van der Waals surface area contributed by atoms with Crippen molar-refractivity contribution in [2.75, 3.05) is 6.54 Å². The van der Waals surface area contributed by atoms with Crippen LogP contribution < -0.4 is 5.32 Å². The molecule has 0 aliphatic rings. The molecule has 0 spiro atoms. The first-order chi connectivity index (χ1) is 6.20. The number of amides is 1. The molecule has 1 rings (SSSR count). The van der Waals surface area contributed by atoms with E-state index in [-0.39, 0.29) is 5.91 Å². The van der Waals surface area contributed by atoms with Crippen molar-refractivity contribution in [1.82, 2.24) is 5.32 Å². The number of thiophene rings is 1. The predicted octanol–water partition coefficient (Wildman–Crippen LogP) is 2.55. The van der Waals surface area contributed by atoms with Crippen molar-refractivity contribution in [3.63, 3.8) is 0 Å². The summed E-state index contributed by atoms with van der Waals surface area (Å²) in [5.74, 6) is -0.0260. The molecule has 70 valence electrons. The lowest BCUT2D eigenvalue weighted by atomic mass is 10.4. The van der Waals surface area contributed by atoms with Crippen LogP contribution in [0.15, 0.2) is 17.5 Å². The molecule has 1 aromatic rings. The maximum absolute atomic E-state index is 10.5. The van der Waals surface area contributed by atoms with E-state index in [1.54, 1.807) is 11.3 Å². The SMILES string of the molecule is CC(=O)NCC=Cc1sccc1Cl. The van der Waals surface area contributed by atoms with Gasteiger partial charge in [0.1, 0.15) is 0 Å². The van der Waals surface area contributed by atoms with Crippen molar-refractivity contribution in [1.29, 1.82) is 0 Å². The van der Waals surface area contributed by atoms with Crippen LogP contribution in [0.4, 0.5) is 0 Å². The molecule has 0 aromatic carbocycles. The molecule has 0 saturated carbocycles. The largest absolute Gasteiger partial charge is 0.353 e. The average Bonchev–Trinajstić information content (AvgIpc) is 2.45. The van der Waals surface area contributed by atoms with Gasteiger partial charge in [0.05, 0.1) is 5.02 Å². The lowest BCUT2D eigenvalue weighted by molar-refractivity contribution is -0.118. The Morgan fingerprint density at radius 1 is 1.77 bits per heavy atom. The highest BCUT2D eigenvalue weighted by atomic mass is 35.5. The number of rotatable bonds is 3. The highest BCUT2D eigenvalue weighted by molar-refractivity contribution is 7.11. The Morgan fingerprint density at radius 2 is 2.54 bits per heavy atom. The summed E-state index contributed by atoms with van der Waals surface area (Å²) in [4.78, 5) is 11.5. The number of carbonyl (C=O) groups is 1. The second kappa shape index (κ2) is 5.04. The quantitative estimate of drug-likeness (QED) is 0.825. The monoisotopic (exact) mass is 215 g/mol. The van der Waals surface area contributed by atoms with Gasteiger partial charge in [-0.1, -0.05) is 17.7 Å². The van der Waals surface area contributed by atoms with Crippen LogP contribution >= 0.6 is 22.9 Å². The van der Waals surface area contributed by atoms with Crippen molar-refractivity contribution in [3.8, 4) is 0 Å². The third kappa shape index (κ3) is 3.61. The summed E-state index contributed by atoms with van der Waals surface area (Å²) in [5, 5.41) is 5.35. The van der Waals surface area contributed by atoms with Crippen molar-refractivity contribution < 1.29 is 4.79 Å².